The summed E-state index contributed by atoms with van der Waals surface area (Å²) in [7, 11) is 1.53. The first-order valence-corrected chi connectivity index (χ1v) is 8.45. The minimum Gasteiger partial charge on any atom is -0.495 e. The van der Waals surface area contributed by atoms with Crippen LogP contribution in [-0.4, -0.2) is 28.0 Å². The lowest BCUT2D eigenvalue weighted by molar-refractivity contribution is 0.0325. The summed E-state index contributed by atoms with van der Waals surface area (Å²) >= 11 is 4.70. The van der Waals surface area contributed by atoms with Gasteiger partial charge in [0.05, 0.1) is 12.6 Å². The van der Waals surface area contributed by atoms with Gasteiger partial charge >= 0.3 is 5.97 Å². The zero-order valence-electron chi connectivity index (χ0n) is 12.7. The number of fused-ring (bicyclic) bond motifs is 1. The quantitative estimate of drug-likeness (QED) is 0.675. The molecule has 8 heteroatoms. The number of H-pyrrole nitrogens is 1. The first-order chi connectivity index (χ1) is 11.0. The van der Waals surface area contributed by atoms with Crippen LogP contribution in [0.2, 0.25) is 0 Å². The van der Waals surface area contributed by atoms with Crippen molar-refractivity contribution in [2.24, 2.45) is 0 Å². The van der Waals surface area contributed by atoms with E-state index in [1.807, 2.05) is 19.1 Å². The number of thiophene rings is 1. The predicted molar refractivity (Wildman–Crippen MR) is 91.0 cm³/mol. The number of pyridine rings is 1. The number of nitrogens with zero attached hydrogens (tertiary/aromatic N) is 2. The fraction of sp³-hybridized carbons (Fsp3) is 0.267. The molecule has 0 spiro atoms. The van der Waals surface area contributed by atoms with Crippen molar-refractivity contribution < 1.29 is 14.3 Å². The third kappa shape index (κ3) is 3.23. The van der Waals surface area contributed by atoms with Crippen LogP contribution in [0.15, 0.2) is 22.8 Å². The Morgan fingerprint density at radius 3 is 2.96 bits per heavy atom. The van der Waals surface area contributed by atoms with Crippen molar-refractivity contribution in [3.05, 3.63) is 38.4 Å². The zero-order chi connectivity index (χ0) is 16.6. The molecular formula is C15H14BrN3O3S. The minimum absolute atomic E-state index is 0.429. The van der Waals surface area contributed by atoms with Crippen LogP contribution in [0, 0.1) is 6.92 Å². The number of rotatable bonds is 4. The van der Waals surface area contributed by atoms with Crippen LogP contribution in [0.3, 0.4) is 0 Å². The van der Waals surface area contributed by atoms with E-state index < -0.39 is 12.1 Å². The van der Waals surface area contributed by atoms with E-state index in [2.05, 4.69) is 30.9 Å². The van der Waals surface area contributed by atoms with Gasteiger partial charge in [0.25, 0.3) is 0 Å². The summed E-state index contributed by atoms with van der Waals surface area (Å²) in [5.74, 6) is 0.646. The Hall–Kier alpha value is -1.93. The highest BCUT2D eigenvalue weighted by Gasteiger charge is 2.22. The van der Waals surface area contributed by atoms with Crippen molar-refractivity contribution in [1.82, 2.24) is 15.0 Å². The summed E-state index contributed by atoms with van der Waals surface area (Å²) in [6.45, 7) is 3.67. The second-order valence-electron chi connectivity index (χ2n) is 4.95. The Labute approximate surface area is 145 Å². The number of aromatic nitrogens is 3. The van der Waals surface area contributed by atoms with Gasteiger partial charge in [0.15, 0.2) is 16.6 Å². The molecule has 0 aliphatic rings. The van der Waals surface area contributed by atoms with Crippen molar-refractivity contribution in [2.75, 3.05) is 7.11 Å². The van der Waals surface area contributed by atoms with E-state index in [4.69, 9.17) is 9.47 Å². The second-order valence-corrected chi connectivity index (χ2v) is 7.12. The van der Waals surface area contributed by atoms with Gasteiger partial charge in [-0.1, -0.05) is 0 Å². The fourth-order valence-corrected chi connectivity index (χ4v) is 3.33. The molecule has 3 rings (SSSR count). The van der Waals surface area contributed by atoms with Gasteiger partial charge in [0.1, 0.15) is 11.6 Å². The number of hydrogen-bond acceptors (Lipinski definition) is 6. The van der Waals surface area contributed by atoms with Gasteiger partial charge < -0.3 is 14.5 Å². The molecule has 3 aromatic rings. The van der Waals surface area contributed by atoms with Crippen LogP contribution in [-0.2, 0) is 4.74 Å². The molecule has 0 saturated carbocycles. The van der Waals surface area contributed by atoms with Crippen molar-refractivity contribution in [3.63, 3.8) is 0 Å². The van der Waals surface area contributed by atoms with E-state index in [9.17, 15) is 4.79 Å². The third-order valence-corrected chi connectivity index (χ3v) is 4.66. The van der Waals surface area contributed by atoms with E-state index >= 15 is 0 Å². The van der Waals surface area contributed by atoms with E-state index in [1.165, 1.54) is 18.4 Å². The first-order valence-electron chi connectivity index (χ1n) is 6.84. The largest absolute Gasteiger partial charge is 0.495 e. The molecule has 0 radical (unpaired) electrons. The highest BCUT2D eigenvalue weighted by Crippen LogP contribution is 2.31. The maximum Gasteiger partial charge on any atom is 0.352 e. The topological polar surface area (TPSA) is 77.1 Å². The molecule has 1 N–H and O–H groups in total. The number of methoxy groups -OCH3 is 1. The highest BCUT2D eigenvalue weighted by molar-refractivity contribution is 9.10. The number of aromatic amines is 1. The maximum absolute atomic E-state index is 12.3. The standard InChI is InChI=1S/C15H14BrN3O3S/c1-7-4-11(21-3)12(23-7)15(20)22-8(2)13-18-10-5-9(16)6-17-14(10)19-13/h4-6,8H,1-3H3,(H,17,18,19)/t8-/m0/s1. The summed E-state index contributed by atoms with van der Waals surface area (Å²) in [5.41, 5.74) is 1.36. The lowest BCUT2D eigenvalue weighted by Crippen LogP contribution is -2.10. The Bertz CT molecular complexity index is 874. The van der Waals surface area contributed by atoms with E-state index in [0.717, 1.165) is 14.9 Å². The number of esters is 1. The van der Waals surface area contributed by atoms with Crippen LogP contribution < -0.4 is 4.74 Å². The van der Waals surface area contributed by atoms with Gasteiger partial charge in [-0.25, -0.2) is 14.8 Å². The second kappa shape index (κ2) is 6.29. The number of imidazole rings is 1. The molecule has 0 amide bonds. The summed E-state index contributed by atoms with van der Waals surface area (Å²) in [5, 5.41) is 0. The molecule has 6 nitrogen and oxygen atoms in total. The fourth-order valence-electron chi connectivity index (χ4n) is 2.14. The summed E-state index contributed by atoms with van der Waals surface area (Å²) in [6, 6.07) is 3.69. The van der Waals surface area contributed by atoms with Crippen molar-refractivity contribution >= 4 is 44.4 Å². The van der Waals surface area contributed by atoms with E-state index in [1.54, 1.807) is 13.1 Å². The Morgan fingerprint density at radius 1 is 1.43 bits per heavy atom. The molecule has 0 unspecified atom stereocenters. The molecular weight excluding hydrogens is 382 g/mol. The van der Waals surface area contributed by atoms with Gasteiger partial charge in [-0.2, -0.15) is 0 Å². The van der Waals surface area contributed by atoms with Gasteiger partial charge in [-0.15, -0.1) is 11.3 Å². The number of carbonyl (C=O) groups excluding carboxylic acids is 1. The maximum atomic E-state index is 12.3. The smallest absolute Gasteiger partial charge is 0.352 e. The molecule has 0 aromatic carbocycles. The SMILES string of the molecule is COc1cc(C)sc1C(=O)O[C@@H](C)c1nc2ncc(Br)cc2[nH]1. The van der Waals surface area contributed by atoms with Gasteiger partial charge in [-0.3, -0.25) is 0 Å². The number of nitrogens with one attached hydrogen (secondary N) is 1. The van der Waals surface area contributed by atoms with Gasteiger partial charge in [-0.05, 0) is 41.9 Å². The van der Waals surface area contributed by atoms with Crippen molar-refractivity contribution in [1.29, 1.82) is 0 Å². The molecule has 0 fully saturated rings. The number of carbonyl (C=O) groups is 1. The number of halogens is 1. The number of ether oxygens (including phenoxy) is 2. The molecule has 120 valence electrons. The Kier molecular flexibility index (Phi) is 4.36. The van der Waals surface area contributed by atoms with Crippen LogP contribution >= 0.6 is 27.3 Å². The normalized spacial score (nSPS) is 12.3. The highest BCUT2D eigenvalue weighted by atomic mass is 79.9. The third-order valence-electron chi connectivity index (χ3n) is 3.22. The van der Waals surface area contributed by atoms with Crippen molar-refractivity contribution in [3.8, 4) is 5.75 Å². The summed E-state index contributed by atoms with van der Waals surface area (Å²) < 4.78 is 11.6. The molecule has 1 atom stereocenters. The molecule has 3 heterocycles. The van der Waals surface area contributed by atoms with Crippen LogP contribution in [0.4, 0.5) is 0 Å². The predicted octanol–water partition coefficient (Wildman–Crippen LogP) is 4.02. The molecule has 0 saturated heterocycles. The zero-order valence-corrected chi connectivity index (χ0v) is 15.1. The van der Waals surface area contributed by atoms with E-state index in [0.29, 0.717) is 22.1 Å². The van der Waals surface area contributed by atoms with E-state index in [-0.39, 0.29) is 0 Å². The first kappa shape index (κ1) is 15.9. The molecule has 23 heavy (non-hydrogen) atoms. The molecule has 0 bridgehead atoms. The van der Waals surface area contributed by atoms with Crippen LogP contribution in [0.25, 0.3) is 11.2 Å². The molecule has 3 aromatic heterocycles. The van der Waals surface area contributed by atoms with Crippen LogP contribution in [0.1, 0.15) is 33.4 Å². The van der Waals surface area contributed by atoms with Gasteiger partial charge in [0.2, 0.25) is 0 Å². The Morgan fingerprint density at radius 2 is 2.22 bits per heavy atom. The lowest BCUT2D eigenvalue weighted by Gasteiger charge is -2.10. The summed E-state index contributed by atoms with van der Waals surface area (Å²) in [6.07, 6.45) is 1.14. The lowest BCUT2D eigenvalue weighted by atomic mass is 10.3. The number of aryl methyl sites for hydroxylation is 1. The molecule has 0 aliphatic heterocycles. The number of hydrogen-bond donors (Lipinski definition) is 1. The Balaban J connectivity index is 1.82. The van der Waals surface area contributed by atoms with Crippen LogP contribution in [0.5, 0.6) is 5.75 Å². The van der Waals surface area contributed by atoms with Crippen molar-refractivity contribution in [2.45, 2.75) is 20.0 Å². The summed E-state index contributed by atoms with van der Waals surface area (Å²) in [4.78, 5) is 25.5. The minimum atomic E-state index is -0.525. The average molecular weight is 396 g/mol. The monoisotopic (exact) mass is 395 g/mol. The molecule has 0 aliphatic carbocycles. The average Bonchev–Trinajstić information content (AvgIpc) is 3.09. The van der Waals surface area contributed by atoms with Gasteiger partial charge in [0, 0.05) is 15.5 Å².